The summed E-state index contributed by atoms with van der Waals surface area (Å²) < 4.78 is 5.28. The number of ether oxygens (including phenoxy) is 1. The van der Waals surface area contributed by atoms with E-state index in [4.69, 9.17) is 14.8 Å². The van der Waals surface area contributed by atoms with Gasteiger partial charge in [0.15, 0.2) is 5.82 Å². The maximum atomic E-state index is 12.0. The fourth-order valence-corrected chi connectivity index (χ4v) is 3.59. The van der Waals surface area contributed by atoms with Crippen LogP contribution in [0.1, 0.15) is 26.5 Å². The number of aliphatic hydroxyl groups is 1. The Labute approximate surface area is 192 Å². The average molecular weight is 453 g/mol. The number of carbonyl (C=O) groups excluding carboxylic acids is 1. The van der Waals surface area contributed by atoms with Gasteiger partial charge in [-0.25, -0.2) is 14.8 Å². The van der Waals surface area contributed by atoms with Gasteiger partial charge in [0.2, 0.25) is 0 Å². The van der Waals surface area contributed by atoms with Crippen molar-refractivity contribution >= 4 is 29.4 Å². The minimum atomic E-state index is -0.561. The standard InChI is InChI=1S/C24H28N4O3S/c1-24(2,3)31-23(30)27-18-11-9-17(10-12-18)22-26-19(15-21(28-22)25-13-14-29)16-32-20-7-5-4-6-8-20/h4-12,15,29H,13-14,16H2,1-3H3,(H,27,30)(H,25,26,28). The molecule has 7 nitrogen and oxygen atoms in total. The SMILES string of the molecule is CC(C)(C)OC(=O)Nc1ccc(-c2nc(CSc3ccccc3)cc(NCCO)n2)cc1. The molecule has 3 aromatic rings. The third kappa shape index (κ3) is 7.55. The lowest BCUT2D eigenvalue weighted by Gasteiger charge is -2.19. The Kier molecular flexibility index (Phi) is 8.08. The van der Waals surface area contributed by atoms with Crippen molar-refractivity contribution in [3.63, 3.8) is 0 Å². The van der Waals surface area contributed by atoms with Crippen LogP contribution in [0.4, 0.5) is 16.3 Å². The van der Waals surface area contributed by atoms with Crippen LogP contribution in [-0.2, 0) is 10.5 Å². The lowest BCUT2D eigenvalue weighted by atomic mass is 10.2. The predicted octanol–water partition coefficient (Wildman–Crippen LogP) is 5.19. The molecule has 0 atom stereocenters. The first-order valence-corrected chi connectivity index (χ1v) is 11.3. The zero-order chi connectivity index (χ0) is 23.0. The van der Waals surface area contributed by atoms with Gasteiger partial charge in [-0.2, -0.15) is 0 Å². The normalized spacial score (nSPS) is 11.1. The van der Waals surface area contributed by atoms with Crippen LogP contribution in [0, 0.1) is 0 Å². The monoisotopic (exact) mass is 452 g/mol. The van der Waals surface area contributed by atoms with Crippen LogP contribution in [0.5, 0.6) is 0 Å². The second kappa shape index (κ2) is 11.0. The fourth-order valence-electron chi connectivity index (χ4n) is 2.77. The summed E-state index contributed by atoms with van der Waals surface area (Å²) in [6.07, 6.45) is -0.503. The molecule has 32 heavy (non-hydrogen) atoms. The van der Waals surface area contributed by atoms with Crippen LogP contribution < -0.4 is 10.6 Å². The zero-order valence-electron chi connectivity index (χ0n) is 18.5. The summed E-state index contributed by atoms with van der Waals surface area (Å²) in [6.45, 7) is 5.87. The lowest BCUT2D eigenvalue weighted by Crippen LogP contribution is -2.27. The number of hydrogen-bond donors (Lipinski definition) is 3. The number of rotatable bonds is 8. The van der Waals surface area contributed by atoms with Gasteiger partial charge < -0.3 is 15.2 Å². The number of hydrogen-bond acceptors (Lipinski definition) is 7. The first kappa shape index (κ1) is 23.6. The largest absolute Gasteiger partial charge is 0.444 e. The highest BCUT2D eigenvalue weighted by molar-refractivity contribution is 7.98. The van der Waals surface area contributed by atoms with Crippen LogP contribution in [0.25, 0.3) is 11.4 Å². The minimum Gasteiger partial charge on any atom is -0.444 e. The number of nitrogens with zero attached hydrogens (tertiary/aromatic N) is 2. The number of nitrogens with one attached hydrogen (secondary N) is 2. The summed E-state index contributed by atoms with van der Waals surface area (Å²) in [5.74, 6) is 1.91. The Morgan fingerprint density at radius 1 is 1.06 bits per heavy atom. The Balaban J connectivity index is 1.76. The van der Waals surface area contributed by atoms with Crippen LogP contribution in [0.15, 0.2) is 65.6 Å². The summed E-state index contributed by atoms with van der Waals surface area (Å²) in [6, 6.07) is 19.3. The molecule has 0 spiro atoms. The molecular weight excluding hydrogens is 424 g/mol. The van der Waals surface area contributed by atoms with E-state index in [9.17, 15) is 4.79 Å². The summed E-state index contributed by atoms with van der Waals surface area (Å²) in [7, 11) is 0. The van der Waals surface area contributed by atoms with Gasteiger partial charge >= 0.3 is 6.09 Å². The summed E-state index contributed by atoms with van der Waals surface area (Å²) in [4.78, 5) is 22.4. The smallest absolute Gasteiger partial charge is 0.412 e. The molecule has 0 aliphatic heterocycles. The van der Waals surface area contributed by atoms with Crippen molar-refractivity contribution < 1.29 is 14.6 Å². The van der Waals surface area contributed by atoms with Gasteiger partial charge in [-0.1, -0.05) is 18.2 Å². The Morgan fingerprint density at radius 2 is 1.78 bits per heavy atom. The molecular formula is C24H28N4O3S. The molecule has 1 heterocycles. The maximum Gasteiger partial charge on any atom is 0.412 e. The quantitative estimate of drug-likeness (QED) is 0.405. The van der Waals surface area contributed by atoms with E-state index < -0.39 is 11.7 Å². The van der Waals surface area contributed by atoms with E-state index in [0.717, 1.165) is 16.2 Å². The first-order valence-electron chi connectivity index (χ1n) is 10.3. The van der Waals surface area contributed by atoms with Crippen molar-refractivity contribution in [1.29, 1.82) is 0 Å². The van der Waals surface area contributed by atoms with E-state index in [-0.39, 0.29) is 6.61 Å². The molecule has 3 N–H and O–H groups in total. The molecule has 0 aliphatic carbocycles. The maximum absolute atomic E-state index is 12.0. The molecule has 0 fully saturated rings. The zero-order valence-corrected chi connectivity index (χ0v) is 19.3. The Hall–Kier alpha value is -3.10. The molecule has 168 valence electrons. The fraction of sp³-hybridized carbons (Fsp3) is 0.292. The number of aromatic nitrogens is 2. The van der Waals surface area contributed by atoms with Gasteiger partial charge in [-0.15, -0.1) is 11.8 Å². The molecule has 1 amide bonds. The lowest BCUT2D eigenvalue weighted by molar-refractivity contribution is 0.0636. The highest BCUT2D eigenvalue weighted by Crippen LogP contribution is 2.25. The number of benzene rings is 2. The Morgan fingerprint density at radius 3 is 2.44 bits per heavy atom. The van der Waals surface area contributed by atoms with Gasteiger partial charge in [0.05, 0.1) is 12.3 Å². The van der Waals surface area contributed by atoms with Crippen LogP contribution in [-0.4, -0.2) is 39.9 Å². The molecule has 0 saturated heterocycles. The second-order valence-corrected chi connectivity index (χ2v) is 9.07. The predicted molar refractivity (Wildman–Crippen MR) is 129 cm³/mol. The first-order chi connectivity index (χ1) is 15.3. The summed E-state index contributed by atoms with van der Waals surface area (Å²) >= 11 is 1.69. The van der Waals surface area contributed by atoms with Gasteiger partial charge in [0, 0.05) is 34.5 Å². The summed E-state index contributed by atoms with van der Waals surface area (Å²) in [5, 5.41) is 15.0. The highest BCUT2D eigenvalue weighted by atomic mass is 32.2. The molecule has 0 unspecified atom stereocenters. The van der Waals surface area contributed by atoms with Crippen LogP contribution in [0.3, 0.4) is 0 Å². The highest BCUT2D eigenvalue weighted by Gasteiger charge is 2.16. The Bertz CT molecular complexity index is 1020. The van der Waals surface area contributed by atoms with Crippen molar-refractivity contribution in [2.45, 2.75) is 37.0 Å². The van der Waals surface area contributed by atoms with Gasteiger partial charge in [-0.3, -0.25) is 5.32 Å². The van der Waals surface area contributed by atoms with Crippen LogP contribution >= 0.6 is 11.8 Å². The molecule has 1 aromatic heterocycles. The number of amides is 1. The van der Waals surface area contributed by atoms with Crippen molar-refractivity contribution in [1.82, 2.24) is 9.97 Å². The second-order valence-electron chi connectivity index (χ2n) is 8.02. The average Bonchev–Trinajstić information content (AvgIpc) is 2.76. The molecule has 0 radical (unpaired) electrons. The third-order valence-electron chi connectivity index (χ3n) is 4.12. The molecule has 3 rings (SSSR count). The molecule has 8 heteroatoms. The van der Waals surface area contributed by atoms with E-state index in [1.54, 1.807) is 23.9 Å². The molecule has 2 aromatic carbocycles. The van der Waals surface area contributed by atoms with Crippen molar-refractivity contribution in [3.05, 3.63) is 66.4 Å². The molecule has 0 bridgehead atoms. The van der Waals surface area contributed by atoms with Crippen molar-refractivity contribution in [2.24, 2.45) is 0 Å². The molecule has 0 saturated carbocycles. The number of carbonyl (C=O) groups is 1. The molecule has 0 aliphatic rings. The number of anilines is 2. The number of aliphatic hydroxyl groups excluding tert-OH is 1. The third-order valence-corrected chi connectivity index (χ3v) is 5.16. The topological polar surface area (TPSA) is 96.4 Å². The van der Waals surface area contributed by atoms with Crippen molar-refractivity contribution in [2.75, 3.05) is 23.8 Å². The number of thioether (sulfide) groups is 1. The van der Waals surface area contributed by atoms with Gasteiger partial charge in [0.1, 0.15) is 11.4 Å². The van der Waals surface area contributed by atoms with E-state index in [1.807, 2.05) is 57.2 Å². The van der Waals surface area contributed by atoms with E-state index >= 15 is 0 Å². The van der Waals surface area contributed by atoms with Crippen LogP contribution in [0.2, 0.25) is 0 Å². The van der Waals surface area contributed by atoms with Crippen molar-refractivity contribution in [3.8, 4) is 11.4 Å². The van der Waals surface area contributed by atoms with Gasteiger partial charge in [-0.05, 0) is 57.2 Å². The van der Waals surface area contributed by atoms with E-state index in [0.29, 0.717) is 29.6 Å². The summed E-state index contributed by atoms with van der Waals surface area (Å²) in [5.41, 5.74) is 1.75. The minimum absolute atomic E-state index is 0.0124. The van der Waals surface area contributed by atoms with Gasteiger partial charge in [0.25, 0.3) is 0 Å². The van der Waals surface area contributed by atoms with E-state index in [2.05, 4.69) is 27.8 Å². The van der Waals surface area contributed by atoms with E-state index in [1.165, 1.54) is 0 Å².